The number of hydrogen-bond acceptors (Lipinski definition) is 8. The van der Waals surface area contributed by atoms with Crippen LogP contribution >= 0.6 is 0 Å². The second-order valence-electron chi connectivity index (χ2n) is 3.87. The lowest BCUT2D eigenvalue weighted by Crippen LogP contribution is -1.93. The van der Waals surface area contributed by atoms with Crippen molar-refractivity contribution in [3.8, 4) is 17.5 Å². The minimum absolute atomic E-state index is 0.229. The van der Waals surface area contributed by atoms with Crippen LogP contribution in [-0.2, 0) is 0 Å². The second kappa shape index (κ2) is 5.62. The Labute approximate surface area is 118 Å². The van der Waals surface area contributed by atoms with Gasteiger partial charge in [-0.05, 0) is 29.5 Å². The molecule has 2 N–H and O–H groups in total. The molecule has 102 valence electrons. The zero-order valence-corrected chi connectivity index (χ0v) is 10.6. The Morgan fingerprint density at radius 2 is 2.14 bits per heavy atom. The molecule has 3 aromatic rings. The monoisotopic (exact) mass is 280 g/mol. The maximum absolute atomic E-state index is 9.04. The van der Waals surface area contributed by atoms with Crippen LogP contribution in [0.2, 0.25) is 0 Å². The van der Waals surface area contributed by atoms with Gasteiger partial charge in [-0.3, -0.25) is 0 Å². The highest BCUT2D eigenvalue weighted by Gasteiger charge is 2.06. The summed E-state index contributed by atoms with van der Waals surface area (Å²) in [5, 5.41) is 32.6. The molecular weight excluding hydrogens is 272 g/mol. The molecule has 0 saturated heterocycles. The predicted molar refractivity (Wildman–Crippen MR) is 71.1 cm³/mol. The first-order chi connectivity index (χ1) is 10.4. The van der Waals surface area contributed by atoms with Crippen LogP contribution in [0.3, 0.4) is 0 Å². The summed E-state index contributed by atoms with van der Waals surface area (Å²) in [6.07, 6.45) is 2.78. The van der Waals surface area contributed by atoms with Crippen molar-refractivity contribution in [2.24, 2.45) is 0 Å². The van der Waals surface area contributed by atoms with Crippen molar-refractivity contribution in [1.82, 2.24) is 30.8 Å². The van der Waals surface area contributed by atoms with E-state index in [1.54, 1.807) is 0 Å². The van der Waals surface area contributed by atoms with E-state index in [9.17, 15) is 0 Å². The summed E-state index contributed by atoms with van der Waals surface area (Å²) in [5.74, 6) is 0.675. The molecule has 0 aliphatic carbocycles. The molecule has 2 aromatic heterocycles. The van der Waals surface area contributed by atoms with Crippen molar-refractivity contribution in [1.29, 1.82) is 5.26 Å². The van der Waals surface area contributed by atoms with Crippen LogP contribution in [0.4, 0.5) is 5.69 Å². The fraction of sp³-hybridized carbons (Fsp3) is 0. The second-order valence-corrected chi connectivity index (χ2v) is 3.87. The largest absolute Gasteiger partial charge is 0.423 e. The van der Waals surface area contributed by atoms with E-state index in [-0.39, 0.29) is 11.4 Å². The molecule has 2 heterocycles. The molecule has 0 aliphatic heterocycles. The molecular formula is C12H8N8O. The fourth-order valence-corrected chi connectivity index (χ4v) is 1.59. The van der Waals surface area contributed by atoms with Gasteiger partial charge in [0.25, 0.3) is 0 Å². The number of hydrogen-bond donors (Lipinski definition) is 2. The zero-order valence-electron chi connectivity index (χ0n) is 10.6. The average Bonchev–Trinajstić information content (AvgIpc) is 3.22. The summed E-state index contributed by atoms with van der Waals surface area (Å²) in [5.41, 5.74) is 1.86. The first-order valence-corrected chi connectivity index (χ1v) is 5.84. The number of anilines is 1. The Balaban J connectivity index is 1.75. The van der Waals surface area contributed by atoms with Crippen LogP contribution < -0.4 is 5.32 Å². The Morgan fingerprint density at radius 1 is 1.29 bits per heavy atom. The van der Waals surface area contributed by atoms with Crippen LogP contribution in [0.5, 0.6) is 0 Å². The SMILES string of the molecule is N#CC(=CNc1ccc(-c2nnco2)cc1)c1nn[nH]n1. The molecule has 0 bridgehead atoms. The average molecular weight is 280 g/mol. The normalized spacial score (nSPS) is 11.1. The molecule has 0 saturated carbocycles. The summed E-state index contributed by atoms with van der Waals surface area (Å²) in [4.78, 5) is 0. The number of tetrazole rings is 1. The van der Waals surface area contributed by atoms with E-state index >= 15 is 0 Å². The van der Waals surface area contributed by atoms with Crippen molar-refractivity contribution in [3.63, 3.8) is 0 Å². The third kappa shape index (κ3) is 2.74. The van der Waals surface area contributed by atoms with Crippen LogP contribution in [0.1, 0.15) is 5.82 Å². The van der Waals surface area contributed by atoms with E-state index < -0.39 is 0 Å². The van der Waals surface area contributed by atoms with Gasteiger partial charge in [-0.2, -0.15) is 10.5 Å². The number of nitriles is 1. The van der Waals surface area contributed by atoms with Crippen LogP contribution in [-0.4, -0.2) is 30.8 Å². The lowest BCUT2D eigenvalue weighted by atomic mass is 10.2. The Morgan fingerprint density at radius 3 is 2.76 bits per heavy atom. The Kier molecular flexibility index (Phi) is 3.34. The molecule has 3 rings (SSSR count). The lowest BCUT2D eigenvalue weighted by Gasteiger charge is -2.01. The quantitative estimate of drug-likeness (QED) is 0.682. The molecule has 0 radical (unpaired) electrons. The van der Waals surface area contributed by atoms with Crippen LogP contribution in [0, 0.1) is 11.3 Å². The summed E-state index contributed by atoms with van der Waals surface area (Å²) in [6.45, 7) is 0. The molecule has 0 fully saturated rings. The molecule has 0 spiro atoms. The van der Waals surface area contributed by atoms with Crippen molar-refractivity contribution >= 4 is 11.3 Å². The highest BCUT2D eigenvalue weighted by atomic mass is 16.4. The van der Waals surface area contributed by atoms with E-state index in [0.717, 1.165) is 11.3 Å². The van der Waals surface area contributed by atoms with Crippen molar-refractivity contribution in [3.05, 3.63) is 42.7 Å². The lowest BCUT2D eigenvalue weighted by molar-refractivity contribution is 0.568. The molecule has 21 heavy (non-hydrogen) atoms. The highest BCUT2D eigenvalue weighted by molar-refractivity contribution is 5.74. The van der Waals surface area contributed by atoms with Gasteiger partial charge in [0.05, 0.1) is 0 Å². The van der Waals surface area contributed by atoms with E-state index in [2.05, 4.69) is 36.1 Å². The number of allylic oxidation sites excluding steroid dienone is 1. The smallest absolute Gasteiger partial charge is 0.247 e. The first-order valence-electron chi connectivity index (χ1n) is 5.84. The van der Waals surface area contributed by atoms with Crippen molar-refractivity contribution in [2.75, 3.05) is 5.32 Å². The topological polar surface area (TPSA) is 129 Å². The van der Waals surface area contributed by atoms with Gasteiger partial charge in [0.2, 0.25) is 18.1 Å². The van der Waals surface area contributed by atoms with Crippen LogP contribution in [0.25, 0.3) is 17.0 Å². The summed E-state index contributed by atoms with van der Waals surface area (Å²) >= 11 is 0. The minimum Gasteiger partial charge on any atom is -0.423 e. The standard InChI is InChI=1S/C12H8N8O/c13-5-9(11-16-19-20-17-11)6-14-10-3-1-8(2-4-10)12-18-15-7-21-12/h1-4,6-7,14H,(H,16,17,19,20). The highest BCUT2D eigenvalue weighted by Crippen LogP contribution is 2.19. The molecule has 0 atom stereocenters. The number of aromatic nitrogens is 6. The number of nitrogens with zero attached hydrogens (tertiary/aromatic N) is 6. The predicted octanol–water partition coefficient (Wildman–Crippen LogP) is 1.23. The van der Waals surface area contributed by atoms with Gasteiger partial charge in [-0.25, -0.2) is 0 Å². The molecule has 1 aromatic carbocycles. The number of rotatable bonds is 4. The van der Waals surface area contributed by atoms with Crippen molar-refractivity contribution in [2.45, 2.75) is 0 Å². The van der Waals surface area contributed by atoms with E-state index in [1.807, 2.05) is 30.3 Å². The van der Waals surface area contributed by atoms with Gasteiger partial charge in [-0.15, -0.1) is 20.4 Å². The first kappa shape index (κ1) is 12.5. The van der Waals surface area contributed by atoms with E-state index in [0.29, 0.717) is 5.89 Å². The zero-order chi connectivity index (χ0) is 14.5. The number of nitrogens with one attached hydrogen (secondary N) is 2. The molecule has 9 heteroatoms. The fourth-order valence-electron chi connectivity index (χ4n) is 1.59. The molecule has 9 nitrogen and oxygen atoms in total. The summed E-state index contributed by atoms with van der Waals surface area (Å²) < 4.78 is 5.10. The summed E-state index contributed by atoms with van der Waals surface area (Å²) in [7, 11) is 0. The van der Waals surface area contributed by atoms with Crippen LogP contribution in [0.15, 0.2) is 41.3 Å². The number of H-pyrrole nitrogens is 1. The Hall–Kier alpha value is -3.54. The van der Waals surface area contributed by atoms with Gasteiger partial charge >= 0.3 is 0 Å². The maximum atomic E-state index is 9.04. The van der Waals surface area contributed by atoms with Gasteiger partial charge in [-0.1, -0.05) is 0 Å². The van der Waals surface area contributed by atoms with Gasteiger partial charge in [0, 0.05) is 17.5 Å². The molecule has 0 aliphatic rings. The number of benzene rings is 1. The third-order valence-electron chi connectivity index (χ3n) is 2.58. The van der Waals surface area contributed by atoms with Crippen molar-refractivity contribution < 1.29 is 4.42 Å². The minimum atomic E-state index is 0.229. The summed E-state index contributed by atoms with van der Waals surface area (Å²) in [6, 6.07) is 9.28. The number of aromatic amines is 1. The van der Waals surface area contributed by atoms with Gasteiger partial charge in [0.15, 0.2) is 0 Å². The molecule has 0 amide bonds. The molecule has 0 unspecified atom stereocenters. The Bertz CT molecular complexity index is 768. The van der Waals surface area contributed by atoms with E-state index in [4.69, 9.17) is 9.68 Å². The van der Waals surface area contributed by atoms with Gasteiger partial charge in [0.1, 0.15) is 11.6 Å². The maximum Gasteiger partial charge on any atom is 0.247 e. The van der Waals surface area contributed by atoms with E-state index in [1.165, 1.54) is 12.6 Å². The third-order valence-corrected chi connectivity index (χ3v) is 2.58. The van der Waals surface area contributed by atoms with Gasteiger partial charge < -0.3 is 9.73 Å².